The minimum atomic E-state index is -0.527. The third-order valence-electron chi connectivity index (χ3n) is 3.64. The van der Waals surface area contributed by atoms with Crippen molar-refractivity contribution in [3.8, 4) is 0 Å². The zero-order chi connectivity index (χ0) is 16.8. The molecule has 0 atom stereocenters. The Bertz CT molecular complexity index is 272. The number of unbranched alkanes of at least 4 members (excludes halogenated alkanes) is 8. The predicted octanol–water partition coefficient (Wildman–Crippen LogP) is 5.65. The lowest BCUT2D eigenvalue weighted by Gasteiger charge is -2.26. The Balaban J connectivity index is 3.53. The van der Waals surface area contributed by atoms with E-state index < -0.39 is 5.60 Å². The van der Waals surface area contributed by atoms with E-state index in [-0.39, 0.29) is 12.1 Å². The van der Waals surface area contributed by atoms with Gasteiger partial charge in [-0.25, -0.2) is 0 Å². The molecule has 0 aliphatic carbocycles. The number of carbonyl (C=O) groups excluding carboxylic acids is 1. The zero-order valence-electron chi connectivity index (χ0n) is 15.6. The van der Waals surface area contributed by atoms with E-state index in [0.717, 1.165) is 12.8 Å². The molecule has 0 saturated carbocycles. The Morgan fingerprint density at radius 3 is 1.91 bits per heavy atom. The molecule has 0 aliphatic rings. The number of ether oxygens (including phenoxy) is 2. The van der Waals surface area contributed by atoms with Gasteiger partial charge in [-0.05, 0) is 34.1 Å². The van der Waals surface area contributed by atoms with Crippen LogP contribution in [0.1, 0.15) is 98.8 Å². The van der Waals surface area contributed by atoms with Crippen molar-refractivity contribution >= 4 is 5.97 Å². The van der Waals surface area contributed by atoms with Gasteiger partial charge < -0.3 is 9.47 Å². The minimum absolute atomic E-state index is 0.0969. The van der Waals surface area contributed by atoms with E-state index in [4.69, 9.17) is 9.47 Å². The molecule has 0 rings (SSSR count). The van der Waals surface area contributed by atoms with Crippen molar-refractivity contribution in [2.24, 2.45) is 0 Å². The summed E-state index contributed by atoms with van der Waals surface area (Å²) in [4.78, 5) is 11.8. The number of esters is 1. The Kier molecular flexibility index (Phi) is 12.6. The summed E-state index contributed by atoms with van der Waals surface area (Å²) in [5.41, 5.74) is -0.527. The zero-order valence-corrected chi connectivity index (χ0v) is 15.6. The Hall–Kier alpha value is -0.570. The summed E-state index contributed by atoms with van der Waals surface area (Å²) in [7, 11) is 0. The average Bonchev–Trinajstić information content (AvgIpc) is 2.43. The van der Waals surface area contributed by atoms with Crippen LogP contribution < -0.4 is 0 Å². The molecule has 0 N–H and O–H groups in total. The Morgan fingerprint density at radius 1 is 0.909 bits per heavy atom. The molecular formula is C19H38O3. The third kappa shape index (κ3) is 14.4. The lowest BCUT2D eigenvalue weighted by atomic mass is 10.1. The maximum atomic E-state index is 11.8. The van der Waals surface area contributed by atoms with Crippen molar-refractivity contribution in [1.82, 2.24) is 0 Å². The molecule has 0 spiro atoms. The quantitative estimate of drug-likeness (QED) is 0.307. The van der Waals surface area contributed by atoms with E-state index in [1.54, 1.807) is 0 Å². The summed E-state index contributed by atoms with van der Waals surface area (Å²) in [6.07, 6.45) is 12.0. The highest BCUT2D eigenvalue weighted by atomic mass is 16.6. The molecule has 0 unspecified atom stereocenters. The predicted molar refractivity (Wildman–Crippen MR) is 93.1 cm³/mol. The summed E-state index contributed by atoms with van der Waals surface area (Å²) >= 11 is 0. The summed E-state index contributed by atoms with van der Waals surface area (Å²) in [6.45, 7) is 10.5. The fraction of sp³-hybridized carbons (Fsp3) is 0.947. The van der Waals surface area contributed by atoms with E-state index in [9.17, 15) is 4.79 Å². The fourth-order valence-corrected chi connectivity index (χ4v) is 2.34. The first-order valence-electron chi connectivity index (χ1n) is 9.21. The van der Waals surface area contributed by atoms with Gasteiger partial charge in [0.25, 0.3) is 0 Å². The molecule has 0 saturated heterocycles. The van der Waals surface area contributed by atoms with Crippen LogP contribution in [0.2, 0.25) is 0 Å². The first-order chi connectivity index (χ1) is 10.4. The first kappa shape index (κ1) is 21.4. The van der Waals surface area contributed by atoms with Crippen molar-refractivity contribution in [1.29, 1.82) is 0 Å². The molecule has 0 aromatic carbocycles. The van der Waals surface area contributed by atoms with Gasteiger partial charge in [-0.15, -0.1) is 0 Å². The molecule has 3 heteroatoms. The Morgan fingerprint density at radius 2 is 1.41 bits per heavy atom. The van der Waals surface area contributed by atoms with E-state index in [2.05, 4.69) is 6.92 Å². The topological polar surface area (TPSA) is 35.5 Å². The molecule has 22 heavy (non-hydrogen) atoms. The standard InChI is InChI=1S/C19H38O3/c1-6-7-8-9-10-11-12-13-14-15-18(20)22-19(4,5)16-21-17(2)3/h17H,6-16H2,1-5H3. The van der Waals surface area contributed by atoms with Crippen LogP contribution in [0.3, 0.4) is 0 Å². The van der Waals surface area contributed by atoms with Crippen molar-refractivity contribution < 1.29 is 14.3 Å². The number of hydrogen-bond acceptors (Lipinski definition) is 3. The van der Waals surface area contributed by atoms with Gasteiger partial charge in [0.2, 0.25) is 0 Å². The van der Waals surface area contributed by atoms with Crippen LogP contribution in [0.15, 0.2) is 0 Å². The summed E-state index contributed by atoms with van der Waals surface area (Å²) < 4.78 is 11.0. The molecule has 0 bridgehead atoms. The van der Waals surface area contributed by atoms with Gasteiger partial charge in [0.05, 0.1) is 12.7 Å². The minimum Gasteiger partial charge on any atom is -0.457 e. The molecule has 132 valence electrons. The normalized spacial score (nSPS) is 11.9. The van der Waals surface area contributed by atoms with Crippen molar-refractivity contribution in [3.05, 3.63) is 0 Å². The summed E-state index contributed by atoms with van der Waals surface area (Å²) in [5, 5.41) is 0. The SMILES string of the molecule is CCCCCCCCCCCC(=O)OC(C)(C)COC(C)C. The first-order valence-corrected chi connectivity index (χ1v) is 9.21. The molecule has 0 amide bonds. The van der Waals surface area contributed by atoms with Gasteiger partial charge in [0.1, 0.15) is 5.60 Å². The van der Waals surface area contributed by atoms with Crippen LogP contribution in [-0.2, 0) is 14.3 Å². The maximum Gasteiger partial charge on any atom is 0.306 e. The van der Waals surface area contributed by atoms with Gasteiger partial charge >= 0.3 is 5.97 Å². The number of rotatable bonds is 14. The molecule has 0 radical (unpaired) electrons. The van der Waals surface area contributed by atoms with Crippen molar-refractivity contribution in [2.75, 3.05) is 6.61 Å². The monoisotopic (exact) mass is 314 g/mol. The lowest BCUT2D eigenvalue weighted by molar-refractivity contribution is -0.163. The molecule has 0 heterocycles. The largest absolute Gasteiger partial charge is 0.457 e. The van der Waals surface area contributed by atoms with E-state index in [1.165, 1.54) is 44.9 Å². The second kappa shape index (κ2) is 12.9. The highest BCUT2D eigenvalue weighted by molar-refractivity contribution is 5.69. The highest BCUT2D eigenvalue weighted by Crippen LogP contribution is 2.15. The van der Waals surface area contributed by atoms with Crippen LogP contribution >= 0.6 is 0 Å². The second-order valence-electron chi connectivity index (χ2n) is 7.17. The van der Waals surface area contributed by atoms with Gasteiger partial charge in [0.15, 0.2) is 0 Å². The second-order valence-corrected chi connectivity index (χ2v) is 7.17. The van der Waals surface area contributed by atoms with Gasteiger partial charge in [-0.3, -0.25) is 4.79 Å². The lowest BCUT2D eigenvalue weighted by Crippen LogP contribution is -2.34. The van der Waals surface area contributed by atoms with Crippen molar-refractivity contribution in [3.63, 3.8) is 0 Å². The van der Waals surface area contributed by atoms with Crippen LogP contribution in [-0.4, -0.2) is 24.3 Å². The smallest absolute Gasteiger partial charge is 0.306 e. The summed E-state index contributed by atoms with van der Waals surface area (Å²) in [5.74, 6) is -0.0969. The van der Waals surface area contributed by atoms with Crippen LogP contribution in [0.25, 0.3) is 0 Å². The molecule has 0 aromatic rings. The molecular weight excluding hydrogens is 276 g/mol. The van der Waals surface area contributed by atoms with Crippen LogP contribution in [0, 0.1) is 0 Å². The van der Waals surface area contributed by atoms with Crippen LogP contribution in [0.4, 0.5) is 0 Å². The van der Waals surface area contributed by atoms with E-state index in [1.807, 2.05) is 27.7 Å². The number of hydrogen-bond donors (Lipinski definition) is 0. The molecule has 3 nitrogen and oxygen atoms in total. The fourth-order valence-electron chi connectivity index (χ4n) is 2.34. The molecule has 0 aromatic heterocycles. The van der Waals surface area contributed by atoms with Crippen LogP contribution in [0.5, 0.6) is 0 Å². The Labute approximate surface area is 138 Å². The summed E-state index contributed by atoms with van der Waals surface area (Å²) in [6, 6.07) is 0. The average molecular weight is 315 g/mol. The van der Waals surface area contributed by atoms with Gasteiger partial charge in [-0.2, -0.15) is 0 Å². The van der Waals surface area contributed by atoms with Crippen molar-refractivity contribution in [2.45, 2.75) is 111 Å². The third-order valence-corrected chi connectivity index (χ3v) is 3.64. The van der Waals surface area contributed by atoms with Gasteiger partial charge in [0, 0.05) is 6.42 Å². The molecule has 0 aliphatic heterocycles. The highest BCUT2D eigenvalue weighted by Gasteiger charge is 2.23. The van der Waals surface area contributed by atoms with E-state index in [0.29, 0.717) is 13.0 Å². The molecule has 0 fully saturated rings. The maximum absolute atomic E-state index is 11.8. The van der Waals surface area contributed by atoms with E-state index >= 15 is 0 Å². The van der Waals surface area contributed by atoms with Gasteiger partial charge in [-0.1, -0.05) is 58.3 Å². The number of carbonyl (C=O) groups is 1.